The van der Waals surface area contributed by atoms with Crippen LogP contribution in [0.3, 0.4) is 0 Å². The van der Waals surface area contributed by atoms with Gasteiger partial charge in [0, 0.05) is 12.1 Å². The molecule has 158 valence electrons. The highest BCUT2D eigenvalue weighted by Gasteiger charge is 2.11. The predicted molar refractivity (Wildman–Crippen MR) is 117 cm³/mol. The number of nitrogens with one attached hydrogen (secondary N) is 1. The van der Waals surface area contributed by atoms with Crippen molar-refractivity contribution < 1.29 is 9.53 Å². The van der Waals surface area contributed by atoms with Gasteiger partial charge in [-0.1, -0.05) is 35.9 Å². The van der Waals surface area contributed by atoms with Crippen LogP contribution in [0.25, 0.3) is 11.0 Å². The lowest BCUT2D eigenvalue weighted by Gasteiger charge is -2.08. The Bertz CT molecular complexity index is 1290. The van der Waals surface area contributed by atoms with Crippen molar-refractivity contribution >= 4 is 16.9 Å². The fourth-order valence-corrected chi connectivity index (χ4v) is 3.42. The van der Waals surface area contributed by atoms with E-state index in [4.69, 9.17) is 4.74 Å². The van der Waals surface area contributed by atoms with Crippen LogP contribution in [0.5, 0.6) is 5.75 Å². The molecule has 8 nitrogen and oxygen atoms in total. The number of carbonyl (C=O) groups is 1. The Morgan fingerprint density at radius 3 is 2.81 bits per heavy atom. The van der Waals surface area contributed by atoms with Crippen molar-refractivity contribution in [3.63, 3.8) is 0 Å². The Balaban J connectivity index is 1.45. The van der Waals surface area contributed by atoms with Crippen molar-refractivity contribution in [1.29, 1.82) is 0 Å². The summed E-state index contributed by atoms with van der Waals surface area (Å²) < 4.78 is 8.35. The molecule has 2 heterocycles. The molecule has 1 amide bonds. The summed E-state index contributed by atoms with van der Waals surface area (Å²) in [6.07, 6.45) is 3.07. The van der Waals surface area contributed by atoms with Gasteiger partial charge in [-0.2, -0.15) is 5.10 Å². The van der Waals surface area contributed by atoms with Crippen molar-refractivity contribution in [3.8, 4) is 5.75 Å². The molecule has 0 saturated heterocycles. The molecule has 0 atom stereocenters. The molecule has 0 spiro atoms. The fraction of sp³-hybridized carbons (Fsp3) is 0.217. The molecule has 0 aliphatic carbocycles. The number of carbonyl (C=O) groups excluding carboxylic acids is 1. The largest absolute Gasteiger partial charge is 0.497 e. The van der Waals surface area contributed by atoms with Crippen LogP contribution in [-0.4, -0.2) is 38.9 Å². The lowest BCUT2D eigenvalue weighted by molar-refractivity contribution is 0.0951. The minimum Gasteiger partial charge on any atom is -0.497 e. The average Bonchev–Trinajstić information content (AvgIpc) is 3.19. The summed E-state index contributed by atoms with van der Waals surface area (Å²) in [6.45, 7) is 3.21. The molecule has 2 aromatic heterocycles. The number of hydrogen-bond acceptors (Lipinski definition) is 5. The molecule has 0 radical (unpaired) electrons. The summed E-state index contributed by atoms with van der Waals surface area (Å²) in [5.74, 6) is 0.417. The maximum Gasteiger partial charge on any atom is 0.264 e. The summed E-state index contributed by atoms with van der Waals surface area (Å²) in [6, 6.07) is 15.0. The molecule has 0 unspecified atom stereocenters. The highest BCUT2D eigenvalue weighted by atomic mass is 16.5. The number of benzene rings is 2. The smallest absolute Gasteiger partial charge is 0.264 e. The second-order valence-corrected chi connectivity index (χ2v) is 7.26. The minimum atomic E-state index is -0.205. The molecule has 8 heteroatoms. The lowest BCUT2D eigenvalue weighted by atomic mass is 10.1. The van der Waals surface area contributed by atoms with E-state index in [1.165, 1.54) is 6.20 Å². The van der Waals surface area contributed by atoms with Crippen molar-refractivity contribution in [3.05, 3.63) is 88.1 Å². The van der Waals surface area contributed by atoms with Crippen LogP contribution in [-0.2, 0) is 13.1 Å². The van der Waals surface area contributed by atoms with Crippen molar-refractivity contribution in [2.24, 2.45) is 0 Å². The summed E-state index contributed by atoms with van der Waals surface area (Å²) in [4.78, 5) is 29.6. The Hall–Kier alpha value is -3.94. The van der Waals surface area contributed by atoms with Gasteiger partial charge in [0.2, 0.25) is 0 Å². The average molecular weight is 417 g/mol. The third-order valence-corrected chi connectivity index (χ3v) is 5.00. The predicted octanol–water partition coefficient (Wildman–Crippen LogP) is 2.39. The Labute approximate surface area is 179 Å². The van der Waals surface area contributed by atoms with Gasteiger partial charge >= 0.3 is 0 Å². The summed E-state index contributed by atoms with van der Waals surface area (Å²) >= 11 is 0. The van der Waals surface area contributed by atoms with Gasteiger partial charge in [-0.15, -0.1) is 0 Å². The second-order valence-electron chi connectivity index (χ2n) is 7.26. The monoisotopic (exact) mass is 417 g/mol. The highest BCUT2D eigenvalue weighted by molar-refractivity contribution is 5.94. The van der Waals surface area contributed by atoms with Gasteiger partial charge in [-0.05, 0) is 30.7 Å². The number of hydrogen-bond donors (Lipinski definition) is 1. The molecule has 2 aromatic carbocycles. The summed E-state index contributed by atoms with van der Waals surface area (Å²) in [7, 11) is 1.56. The molecule has 0 fully saturated rings. The SMILES string of the molecule is COc1cccc(C(=O)NCCn2ncc3c(=O)n(Cc4cccc(C)c4)cnc32)c1. The number of aryl methyl sites for hydroxylation is 1. The van der Waals surface area contributed by atoms with Crippen molar-refractivity contribution in [2.45, 2.75) is 20.0 Å². The zero-order chi connectivity index (χ0) is 21.8. The van der Waals surface area contributed by atoms with E-state index in [1.54, 1.807) is 47.0 Å². The third kappa shape index (κ3) is 4.48. The van der Waals surface area contributed by atoms with Crippen LogP contribution in [0.2, 0.25) is 0 Å². The first-order valence-corrected chi connectivity index (χ1v) is 9.94. The molecule has 0 bridgehead atoms. The summed E-state index contributed by atoms with van der Waals surface area (Å²) in [5.41, 5.74) is 3.06. The van der Waals surface area contributed by atoms with Crippen molar-refractivity contribution in [2.75, 3.05) is 13.7 Å². The molecule has 4 aromatic rings. The number of fused-ring (bicyclic) bond motifs is 1. The zero-order valence-electron chi connectivity index (χ0n) is 17.4. The number of methoxy groups -OCH3 is 1. The van der Waals surface area contributed by atoms with Gasteiger partial charge in [0.25, 0.3) is 11.5 Å². The first kappa shape index (κ1) is 20.3. The highest BCUT2D eigenvalue weighted by Crippen LogP contribution is 2.12. The number of aromatic nitrogens is 4. The van der Waals surface area contributed by atoms with E-state index in [2.05, 4.69) is 15.4 Å². The molecule has 0 aliphatic heterocycles. The van der Waals surface area contributed by atoms with E-state index >= 15 is 0 Å². The van der Waals surface area contributed by atoms with Gasteiger partial charge < -0.3 is 10.1 Å². The Kier molecular flexibility index (Phi) is 5.79. The zero-order valence-corrected chi connectivity index (χ0v) is 17.4. The van der Waals surface area contributed by atoms with Gasteiger partial charge in [0.1, 0.15) is 17.5 Å². The van der Waals surface area contributed by atoms with Crippen LogP contribution in [0.4, 0.5) is 0 Å². The first-order valence-electron chi connectivity index (χ1n) is 9.94. The van der Waals surface area contributed by atoms with Crippen LogP contribution in [0.1, 0.15) is 21.5 Å². The number of rotatable bonds is 7. The number of ether oxygens (including phenoxy) is 1. The maximum absolute atomic E-state index is 12.8. The van der Waals surface area contributed by atoms with Crippen LogP contribution >= 0.6 is 0 Å². The van der Waals surface area contributed by atoms with E-state index in [0.717, 1.165) is 11.1 Å². The van der Waals surface area contributed by atoms with E-state index in [0.29, 0.717) is 42.0 Å². The van der Waals surface area contributed by atoms with E-state index in [-0.39, 0.29) is 11.5 Å². The quantitative estimate of drug-likeness (QED) is 0.499. The van der Waals surface area contributed by atoms with E-state index < -0.39 is 0 Å². The summed E-state index contributed by atoms with van der Waals surface area (Å²) in [5, 5.41) is 7.59. The topological polar surface area (TPSA) is 91.0 Å². The molecule has 0 aliphatic rings. The Morgan fingerprint density at radius 1 is 1.16 bits per heavy atom. The van der Waals surface area contributed by atoms with Crippen LogP contribution in [0, 0.1) is 6.92 Å². The second kappa shape index (κ2) is 8.83. The van der Waals surface area contributed by atoms with Gasteiger partial charge in [0.15, 0.2) is 5.65 Å². The Morgan fingerprint density at radius 2 is 2.00 bits per heavy atom. The van der Waals surface area contributed by atoms with Crippen LogP contribution < -0.4 is 15.6 Å². The molecule has 4 rings (SSSR count). The van der Waals surface area contributed by atoms with Gasteiger partial charge in [-0.25, -0.2) is 9.67 Å². The molecular weight excluding hydrogens is 394 g/mol. The molecule has 31 heavy (non-hydrogen) atoms. The first-order chi connectivity index (χ1) is 15.0. The fourth-order valence-electron chi connectivity index (χ4n) is 3.42. The van der Waals surface area contributed by atoms with Gasteiger partial charge in [-0.3, -0.25) is 14.2 Å². The normalized spacial score (nSPS) is 10.9. The number of amides is 1. The molecular formula is C23H23N5O3. The molecule has 1 N–H and O–H groups in total. The van der Waals surface area contributed by atoms with Gasteiger partial charge in [0.05, 0.1) is 26.4 Å². The van der Waals surface area contributed by atoms with Crippen molar-refractivity contribution in [1.82, 2.24) is 24.6 Å². The minimum absolute atomic E-state index is 0.141. The molecule has 0 saturated carbocycles. The number of nitrogens with zero attached hydrogens (tertiary/aromatic N) is 4. The standard InChI is InChI=1S/C23H23N5O3/c1-16-5-3-6-17(11-16)14-27-15-25-21-20(23(27)30)13-26-28(21)10-9-24-22(29)18-7-4-8-19(12-18)31-2/h3-8,11-13,15H,9-10,14H2,1-2H3,(H,24,29). The third-order valence-electron chi connectivity index (χ3n) is 5.00. The van der Waals surface area contributed by atoms with E-state index in [9.17, 15) is 9.59 Å². The lowest BCUT2D eigenvalue weighted by Crippen LogP contribution is -2.27. The maximum atomic E-state index is 12.8. The van der Waals surface area contributed by atoms with E-state index in [1.807, 2.05) is 31.2 Å². The van der Waals surface area contributed by atoms with Crippen LogP contribution in [0.15, 0.2) is 65.8 Å².